The largest absolute Gasteiger partial charge is 0.469 e. The molecule has 0 spiro atoms. The molecule has 0 radical (unpaired) electrons. The topological polar surface area (TPSA) is 54.5 Å². The van der Waals surface area contributed by atoms with Gasteiger partial charge in [-0.1, -0.05) is 6.92 Å². The third kappa shape index (κ3) is 4.18. The molecular weight excluding hydrogens is 262 g/mol. The molecule has 1 aromatic rings. The highest BCUT2D eigenvalue weighted by atomic mass is 32.1. The summed E-state index contributed by atoms with van der Waals surface area (Å²) in [6, 6.07) is 0.464. The number of carbonyl (C=O) groups is 1. The van der Waals surface area contributed by atoms with Gasteiger partial charge in [0.2, 0.25) is 0 Å². The second-order valence-electron chi connectivity index (χ2n) is 4.77. The van der Waals surface area contributed by atoms with Crippen LogP contribution in [0.4, 0.5) is 5.13 Å². The highest BCUT2D eigenvalue weighted by molar-refractivity contribution is 7.13. The summed E-state index contributed by atoms with van der Waals surface area (Å²) in [6.45, 7) is 5.56. The van der Waals surface area contributed by atoms with Crippen molar-refractivity contribution < 1.29 is 9.53 Å². The molecule has 106 valence electrons. The fourth-order valence-corrected chi connectivity index (χ4v) is 3.10. The molecule has 19 heavy (non-hydrogen) atoms. The Morgan fingerprint density at radius 1 is 1.68 bits per heavy atom. The number of hydrogen-bond donors (Lipinski definition) is 1. The number of thiazole rings is 1. The highest BCUT2D eigenvalue weighted by Crippen LogP contribution is 2.20. The summed E-state index contributed by atoms with van der Waals surface area (Å²) >= 11 is 1.56. The third-order valence-electron chi connectivity index (χ3n) is 3.39. The molecular formula is C13H21N3O2S. The van der Waals surface area contributed by atoms with Crippen molar-refractivity contribution in [1.82, 2.24) is 9.88 Å². The van der Waals surface area contributed by atoms with Gasteiger partial charge in [-0.3, -0.25) is 4.79 Å². The lowest BCUT2D eigenvalue weighted by Crippen LogP contribution is -2.41. The van der Waals surface area contributed by atoms with E-state index in [1.807, 2.05) is 5.38 Å². The quantitative estimate of drug-likeness (QED) is 0.834. The van der Waals surface area contributed by atoms with E-state index in [1.165, 1.54) is 26.5 Å². The summed E-state index contributed by atoms with van der Waals surface area (Å²) in [4.78, 5) is 18.1. The first-order valence-electron chi connectivity index (χ1n) is 6.71. The maximum atomic E-state index is 11.2. The molecule has 1 fully saturated rings. The van der Waals surface area contributed by atoms with Gasteiger partial charge in [-0.05, 0) is 25.9 Å². The summed E-state index contributed by atoms with van der Waals surface area (Å²) in [5.74, 6) is -0.244. The summed E-state index contributed by atoms with van der Waals surface area (Å²) in [6.07, 6.45) is 2.66. The number of hydrogen-bond acceptors (Lipinski definition) is 6. The van der Waals surface area contributed by atoms with Crippen molar-refractivity contribution in [2.45, 2.75) is 32.2 Å². The standard InChI is InChI=1S/C13H21N3O2S/c1-3-16-6-4-5-10(8-16)14-13-15-11(9-19-13)7-12(17)18-2/h9-10H,3-8H2,1-2H3,(H,14,15). The number of esters is 1. The van der Waals surface area contributed by atoms with Crippen LogP contribution in [0.5, 0.6) is 0 Å². The minimum Gasteiger partial charge on any atom is -0.469 e. The molecule has 1 aromatic heterocycles. The number of likely N-dealkylation sites (tertiary alicyclic amines) is 1. The Labute approximate surface area is 118 Å². The first kappa shape index (κ1) is 14.3. The monoisotopic (exact) mass is 283 g/mol. The van der Waals surface area contributed by atoms with Crippen molar-refractivity contribution in [1.29, 1.82) is 0 Å². The summed E-state index contributed by atoms with van der Waals surface area (Å²) in [5, 5.41) is 6.29. The zero-order valence-corrected chi connectivity index (χ0v) is 12.3. The molecule has 0 aromatic carbocycles. The predicted molar refractivity (Wildman–Crippen MR) is 76.6 cm³/mol. The normalized spacial score (nSPS) is 20.2. The fraction of sp³-hybridized carbons (Fsp3) is 0.692. The van der Waals surface area contributed by atoms with Gasteiger partial charge in [0.05, 0.1) is 19.2 Å². The number of anilines is 1. The van der Waals surface area contributed by atoms with Crippen molar-refractivity contribution in [3.8, 4) is 0 Å². The number of ether oxygens (including phenoxy) is 1. The van der Waals surface area contributed by atoms with Crippen molar-refractivity contribution >= 4 is 22.4 Å². The predicted octanol–water partition coefficient (Wildman–Crippen LogP) is 1.75. The van der Waals surface area contributed by atoms with E-state index in [4.69, 9.17) is 0 Å². The van der Waals surface area contributed by atoms with Crippen LogP contribution in [0.15, 0.2) is 5.38 Å². The lowest BCUT2D eigenvalue weighted by atomic mass is 10.1. The first-order chi connectivity index (χ1) is 9.21. The zero-order chi connectivity index (χ0) is 13.7. The second-order valence-corrected chi connectivity index (χ2v) is 5.63. The number of nitrogens with one attached hydrogen (secondary N) is 1. The molecule has 0 bridgehead atoms. The maximum absolute atomic E-state index is 11.2. The molecule has 0 amide bonds. The molecule has 1 saturated heterocycles. The Morgan fingerprint density at radius 3 is 3.26 bits per heavy atom. The van der Waals surface area contributed by atoms with Gasteiger partial charge in [-0.15, -0.1) is 11.3 Å². The number of nitrogens with zero attached hydrogens (tertiary/aromatic N) is 2. The van der Waals surface area contributed by atoms with Crippen LogP contribution in [0.3, 0.4) is 0 Å². The third-order valence-corrected chi connectivity index (χ3v) is 4.21. The van der Waals surface area contributed by atoms with E-state index in [-0.39, 0.29) is 12.4 Å². The molecule has 1 N–H and O–H groups in total. The molecule has 1 unspecified atom stereocenters. The van der Waals surface area contributed by atoms with Crippen LogP contribution in [0.25, 0.3) is 0 Å². The minimum absolute atomic E-state index is 0.244. The lowest BCUT2D eigenvalue weighted by Gasteiger charge is -2.32. The van der Waals surface area contributed by atoms with Gasteiger partial charge in [0.15, 0.2) is 5.13 Å². The molecule has 0 aliphatic carbocycles. The SMILES string of the molecule is CCN1CCCC(Nc2nc(CC(=O)OC)cs2)C1. The van der Waals surface area contributed by atoms with Crippen molar-refractivity contribution in [3.05, 3.63) is 11.1 Å². The molecule has 6 heteroatoms. The van der Waals surface area contributed by atoms with Crippen LogP contribution >= 0.6 is 11.3 Å². The average molecular weight is 283 g/mol. The molecule has 1 atom stereocenters. The van der Waals surface area contributed by atoms with Gasteiger partial charge in [0.1, 0.15) is 0 Å². The van der Waals surface area contributed by atoms with Crippen LogP contribution in [0, 0.1) is 0 Å². The van der Waals surface area contributed by atoms with Gasteiger partial charge in [-0.2, -0.15) is 0 Å². The van der Waals surface area contributed by atoms with Crippen LogP contribution in [0.2, 0.25) is 0 Å². The number of aromatic nitrogens is 1. The van der Waals surface area contributed by atoms with Gasteiger partial charge in [0.25, 0.3) is 0 Å². The van der Waals surface area contributed by atoms with Gasteiger partial charge in [-0.25, -0.2) is 4.98 Å². The number of rotatable bonds is 5. The molecule has 2 heterocycles. The Bertz CT molecular complexity index is 422. The highest BCUT2D eigenvalue weighted by Gasteiger charge is 2.19. The van der Waals surface area contributed by atoms with E-state index in [0.717, 1.165) is 23.9 Å². The molecule has 1 aliphatic rings. The number of piperidine rings is 1. The summed E-state index contributed by atoms with van der Waals surface area (Å²) < 4.78 is 4.64. The smallest absolute Gasteiger partial charge is 0.311 e. The zero-order valence-electron chi connectivity index (χ0n) is 11.5. The van der Waals surface area contributed by atoms with E-state index in [9.17, 15) is 4.79 Å². The fourth-order valence-electron chi connectivity index (χ4n) is 2.31. The Balaban J connectivity index is 1.87. The maximum Gasteiger partial charge on any atom is 0.311 e. The van der Waals surface area contributed by atoms with Crippen molar-refractivity contribution in [2.75, 3.05) is 32.1 Å². The van der Waals surface area contributed by atoms with E-state index in [0.29, 0.717) is 6.04 Å². The van der Waals surface area contributed by atoms with Crippen LogP contribution < -0.4 is 5.32 Å². The van der Waals surface area contributed by atoms with E-state index in [2.05, 4.69) is 26.9 Å². The molecule has 2 rings (SSSR count). The average Bonchev–Trinajstić information content (AvgIpc) is 2.86. The Hall–Kier alpha value is -1.14. The van der Waals surface area contributed by atoms with E-state index in [1.54, 1.807) is 11.3 Å². The van der Waals surface area contributed by atoms with Gasteiger partial charge >= 0.3 is 5.97 Å². The van der Waals surface area contributed by atoms with Gasteiger partial charge in [0, 0.05) is 18.0 Å². The Morgan fingerprint density at radius 2 is 2.53 bits per heavy atom. The summed E-state index contributed by atoms with van der Waals surface area (Å²) in [5.41, 5.74) is 0.780. The second kappa shape index (κ2) is 6.86. The molecule has 5 nitrogen and oxygen atoms in total. The number of methoxy groups -OCH3 is 1. The minimum atomic E-state index is -0.244. The molecule has 0 saturated carbocycles. The number of likely N-dealkylation sites (N-methyl/N-ethyl adjacent to an activating group) is 1. The van der Waals surface area contributed by atoms with Crippen LogP contribution in [-0.2, 0) is 16.0 Å². The van der Waals surface area contributed by atoms with Crippen LogP contribution in [0.1, 0.15) is 25.5 Å². The first-order valence-corrected chi connectivity index (χ1v) is 7.59. The summed E-state index contributed by atoms with van der Waals surface area (Å²) in [7, 11) is 1.40. The van der Waals surface area contributed by atoms with Crippen molar-refractivity contribution in [3.63, 3.8) is 0 Å². The molecule has 1 aliphatic heterocycles. The van der Waals surface area contributed by atoms with Crippen molar-refractivity contribution in [2.24, 2.45) is 0 Å². The lowest BCUT2D eigenvalue weighted by molar-refractivity contribution is -0.139. The van der Waals surface area contributed by atoms with E-state index >= 15 is 0 Å². The number of carbonyl (C=O) groups excluding carboxylic acids is 1. The van der Waals surface area contributed by atoms with Gasteiger partial charge < -0.3 is 15.0 Å². The van der Waals surface area contributed by atoms with Crippen LogP contribution in [-0.4, -0.2) is 48.6 Å². The van der Waals surface area contributed by atoms with E-state index < -0.39 is 0 Å². The Kier molecular flexibility index (Phi) is 5.15.